The first-order chi connectivity index (χ1) is 11.5. The summed E-state index contributed by atoms with van der Waals surface area (Å²) in [6.07, 6.45) is 4.32. The lowest BCUT2D eigenvalue weighted by Crippen LogP contribution is -2.56. The normalized spacial score (nSPS) is 16.9. The molecule has 2 aromatic rings. The molecule has 1 heterocycles. The first-order valence-electron chi connectivity index (χ1n) is 8.37. The van der Waals surface area contributed by atoms with Crippen LogP contribution in [0.2, 0.25) is 0 Å². The number of hydrogen-bond donors (Lipinski definition) is 1. The second kappa shape index (κ2) is 6.63. The highest BCUT2D eigenvalue weighted by Gasteiger charge is 2.45. The van der Waals surface area contributed by atoms with Gasteiger partial charge in [0, 0.05) is 19.9 Å². The van der Waals surface area contributed by atoms with Crippen molar-refractivity contribution in [3.05, 3.63) is 30.2 Å². The molecular formula is C18H22N2O4. The van der Waals surface area contributed by atoms with E-state index in [1.54, 1.807) is 7.05 Å². The van der Waals surface area contributed by atoms with Crippen LogP contribution in [0.3, 0.4) is 0 Å². The summed E-state index contributed by atoms with van der Waals surface area (Å²) < 4.78 is 5.62. The van der Waals surface area contributed by atoms with Gasteiger partial charge in [-0.1, -0.05) is 31.4 Å². The van der Waals surface area contributed by atoms with Crippen molar-refractivity contribution in [2.45, 2.75) is 50.5 Å². The number of fused-ring (bicyclic) bond motifs is 1. The van der Waals surface area contributed by atoms with Crippen LogP contribution in [0.15, 0.2) is 28.7 Å². The fraction of sp³-hybridized carbons (Fsp3) is 0.500. The summed E-state index contributed by atoms with van der Waals surface area (Å²) in [6, 6.07) is 7.45. The molecule has 1 aliphatic rings. The molecular weight excluding hydrogens is 308 g/mol. The smallest absolute Gasteiger partial charge is 0.329 e. The number of carbonyl (C=O) groups is 2. The Balaban J connectivity index is 1.68. The Kier molecular flexibility index (Phi) is 4.55. The van der Waals surface area contributed by atoms with Gasteiger partial charge in [-0.2, -0.15) is 0 Å². The standard InChI is InChI=1S/C18H22N2O4/c1-20(18(17(22)23)11-5-2-6-12-18)16(21)10-9-15-19-13-7-3-4-8-14(13)24-15/h3-4,7-8H,2,5-6,9-12H2,1H3,(H,22,23). The second-order valence-corrected chi connectivity index (χ2v) is 6.43. The van der Waals surface area contributed by atoms with Gasteiger partial charge in [0.05, 0.1) is 0 Å². The van der Waals surface area contributed by atoms with Crippen molar-refractivity contribution >= 4 is 23.0 Å². The van der Waals surface area contributed by atoms with Crippen LogP contribution in [0.25, 0.3) is 11.1 Å². The zero-order valence-electron chi connectivity index (χ0n) is 13.8. The topological polar surface area (TPSA) is 83.6 Å². The molecule has 24 heavy (non-hydrogen) atoms. The number of para-hydroxylation sites is 2. The van der Waals surface area contributed by atoms with E-state index in [1.807, 2.05) is 24.3 Å². The number of hydrogen-bond acceptors (Lipinski definition) is 4. The number of nitrogens with zero attached hydrogens (tertiary/aromatic N) is 2. The molecule has 6 nitrogen and oxygen atoms in total. The molecule has 128 valence electrons. The lowest BCUT2D eigenvalue weighted by Gasteiger charge is -2.41. The van der Waals surface area contributed by atoms with Gasteiger partial charge in [-0.25, -0.2) is 9.78 Å². The summed E-state index contributed by atoms with van der Waals surface area (Å²) in [5.41, 5.74) is 0.404. The fourth-order valence-electron chi connectivity index (χ4n) is 3.48. The maximum Gasteiger partial charge on any atom is 0.329 e. The van der Waals surface area contributed by atoms with E-state index >= 15 is 0 Å². The number of oxazole rings is 1. The third kappa shape index (κ3) is 3.00. The predicted molar refractivity (Wildman–Crippen MR) is 88.6 cm³/mol. The van der Waals surface area contributed by atoms with Crippen LogP contribution in [0.4, 0.5) is 0 Å². The van der Waals surface area contributed by atoms with Crippen molar-refractivity contribution in [3.8, 4) is 0 Å². The molecule has 1 aromatic carbocycles. The van der Waals surface area contributed by atoms with Crippen LogP contribution in [-0.2, 0) is 16.0 Å². The maximum absolute atomic E-state index is 12.5. The number of benzene rings is 1. The number of aromatic nitrogens is 1. The molecule has 0 spiro atoms. The minimum Gasteiger partial charge on any atom is -0.479 e. The van der Waals surface area contributed by atoms with E-state index in [4.69, 9.17) is 4.42 Å². The van der Waals surface area contributed by atoms with Crippen LogP contribution in [-0.4, -0.2) is 39.5 Å². The van der Waals surface area contributed by atoms with E-state index in [9.17, 15) is 14.7 Å². The molecule has 0 unspecified atom stereocenters. The monoisotopic (exact) mass is 330 g/mol. The molecule has 0 radical (unpaired) electrons. The molecule has 6 heteroatoms. The second-order valence-electron chi connectivity index (χ2n) is 6.43. The van der Waals surface area contributed by atoms with Gasteiger partial charge >= 0.3 is 5.97 Å². The van der Waals surface area contributed by atoms with E-state index in [0.717, 1.165) is 24.8 Å². The summed E-state index contributed by atoms with van der Waals surface area (Å²) in [4.78, 5) is 30.1. The SMILES string of the molecule is CN(C(=O)CCc1nc2ccccc2o1)C1(C(=O)O)CCCCC1. The first kappa shape index (κ1) is 16.5. The molecule has 1 N–H and O–H groups in total. The van der Waals surface area contributed by atoms with E-state index in [-0.39, 0.29) is 12.3 Å². The Hall–Kier alpha value is -2.37. The maximum atomic E-state index is 12.5. The molecule has 1 aromatic heterocycles. The third-order valence-electron chi connectivity index (χ3n) is 4.99. The van der Waals surface area contributed by atoms with Gasteiger partial charge < -0.3 is 14.4 Å². The minimum atomic E-state index is -1.06. The summed E-state index contributed by atoms with van der Waals surface area (Å²) in [5.74, 6) is -0.576. The van der Waals surface area contributed by atoms with Crippen molar-refractivity contribution < 1.29 is 19.1 Å². The number of aliphatic carboxylic acids is 1. The molecule has 1 amide bonds. The average molecular weight is 330 g/mol. The van der Waals surface area contributed by atoms with E-state index in [0.29, 0.717) is 30.7 Å². The van der Waals surface area contributed by atoms with Crippen molar-refractivity contribution in [1.82, 2.24) is 9.88 Å². The predicted octanol–water partition coefficient (Wildman–Crippen LogP) is 3.01. The highest BCUT2D eigenvalue weighted by molar-refractivity contribution is 5.87. The van der Waals surface area contributed by atoms with Crippen molar-refractivity contribution in [2.75, 3.05) is 7.05 Å². The lowest BCUT2D eigenvalue weighted by atomic mass is 9.80. The first-order valence-corrected chi connectivity index (χ1v) is 8.37. The van der Waals surface area contributed by atoms with Gasteiger partial charge in [-0.05, 0) is 25.0 Å². The van der Waals surface area contributed by atoms with Gasteiger partial charge in [0.2, 0.25) is 5.91 Å². The van der Waals surface area contributed by atoms with Gasteiger partial charge in [0.1, 0.15) is 11.1 Å². The fourth-order valence-corrected chi connectivity index (χ4v) is 3.48. The Bertz CT molecular complexity index is 713. The zero-order chi connectivity index (χ0) is 17.2. The molecule has 0 bridgehead atoms. The van der Waals surface area contributed by atoms with Crippen LogP contribution >= 0.6 is 0 Å². The van der Waals surface area contributed by atoms with Gasteiger partial charge in [-0.15, -0.1) is 0 Å². The number of carbonyl (C=O) groups excluding carboxylic acids is 1. The number of amides is 1. The van der Waals surface area contributed by atoms with Crippen LogP contribution in [0.1, 0.15) is 44.4 Å². The summed E-state index contributed by atoms with van der Waals surface area (Å²) in [5, 5.41) is 9.66. The van der Waals surface area contributed by atoms with Crippen LogP contribution in [0.5, 0.6) is 0 Å². The number of likely N-dealkylation sites (N-methyl/N-ethyl adjacent to an activating group) is 1. The lowest BCUT2D eigenvalue weighted by molar-refractivity contribution is -0.160. The van der Waals surface area contributed by atoms with Gasteiger partial charge in [0.15, 0.2) is 11.5 Å². The van der Waals surface area contributed by atoms with Gasteiger partial charge in [0.25, 0.3) is 0 Å². The highest BCUT2D eigenvalue weighted by atomic mass is 16.4. The Morgan fingerprint density at radius 2 is 1.96 bits per heavy atom. The summed E-state index contributed by atoms with van der Waals surface area (Å²) in [7, 11) is 1.60. The molecule has 0 aliphatic heterocycles. The zero-order valence-corrected chi connectivity index (χ0v) is 13.8. The molecule has 0 atom stereocenters. The third-order valence-corrected chi connectivity index (χ3v) is 4.99. The van der Waals surface area contributed by atoms with E-state index in [1.165, 1.54) is 4.90 Å². The minimum absolute atomic E-state index is 0.179. The van der Waals surface area contributed by atoms with Crippen molar-refractivity contribution in [1.29, 1.82) is 0 Å². The number of aryl methyl sites for hydroxylation is 1. The van der Waals surface area contributed by atoms with Gasteiger partial charge in [-0.3, -0.25) is 4.79 Å². The number of rotatable bonds is 5. The summed E-state index contributed by atoms with van der Waals surface area (Å²) in [6.45, 7) is 0. The van der Waals surface area contributed by atoms with E-state index in [2.05, 4.69) is 4.98 Å². The Morgan fingerprint density at radius 1 is 1.25 bits per heavy atom. The van der Waals surface area contributed by atoms with Crippen LogP contribution in [0, 0.1) is 0 Å². The molecule has 0 saturated heterocycles. The summed E-state index contributed by atoms with van der Waals surface area (Å²) >= 11 is 0. The van der Waals surface area contributed by atoms with E-state index < -0.39 is 11.5 Å². The molecule has 1 saturated carbocycles. The average Bonchev–Trinajstić information content (AvgIpc) is 3.02. The Labute approximate surface area is 140 Å². The highest BCUT2D eigenvalue weighted by Crippen LogP contribution is 2.33. The molecule has 1 aliphatic carbocycles. The van der Waals surface area contributed by atoms with Crippen molar-refractivity contribution in [3.63, 3.8) is 0 Å². The van der Waals surface area contributed by atoms with Crippen LogP contribution < -0.4 is 0 Å². The molecule has 1 fully saturated rings. The molecule has 3 rings (SSSR count). The largest absolute Gasteiger partial charge is 0.479 e. The number of carboxylic acids is 1. The quantitative estimate of drug-likeness (QED) is 0.911. The Morgan fingerprint density at radius 3 is 2.62 bits per heavy atom. The van der Waals surface area contributed by atoms with Crippen molar-refractivity contribution in [2.24, 2.45) is 0 Å². The number of carboxylic acid groups (broad SMARTS) is 1.